The number of halogens is 3. The maximum Gasteiger partial charge on any atom is 0.264 e. The van der Waals surface area contributed by atoms with Crippen LogP contribution in [0.4, 0.5) is 4.39 Å². The van der Waals surface area contributed by atoms with E-state index < -0.39 is 31.2 Å². The first kappa shape index (κ1) is 18.2. The molecular weight excluding hydrogens is 344 g/mol. The molecule has 118 valence electrons. The number of hydrogen-bond donors (Lipinski definition) is 0. The number of rotatable bonds is 6. The molecular formula is C12H14Cl2FNO4S. The van der Waals surface area contributed by atoms with Crippen LogP contribution in [0.25, 0.3) is 0 Å². The lowest BCUT2D eigenvalue weighted by atomic mass is 10.2. The summed E-state index contributed by atoms with van der Waals surface area (Å²) >= 11 is 5.74. The molecule has 0 heterocycles. The van der Waals surface area contributed by atoms with Crippen LogP contribution in [0.1, 0.15) is 17.3 Å². The van der Waals surface area contributed by atoms with E-state index in [0.29, 0.717) is 6.54 Å². The summed E-state index contributed by atoms with van der Waals surface area (Å²) in [4.78, 5) is 12.8. The monoisotopic (exact) mass is 357 g/mol. The first-order chi connectivity index (χ1) is 9.72. The van der Waals surface area contributed by atoms with Crippen LogP contribution < -0.4 is 0 Å². The van der Waals surface area contributed by atoms with Gasteiger partial charge in [-0.1, -0.05) is 11.6 Å². The number of ether oxygens (including phenoxy) is 1. The Hall–Kier alpha value is -0.890. The van der Waals surface area contributed by atoms with Crippen LogP contribution in [-0.2, 0) is 13.8 Å². The van der Waals surface area contributed by atoms with E-state index in [1.807, 2.05) is 0 Å². The highest BCUT2D eigenvalue weighted by Crippen LogP contribution is 2.27. The number of methoxy groups -OCH3 is 1. The molecule has 0 aliphatic carbocycles. The summed E-state index contributed by atoms with van der Waals surface area (Å²) in [7, 11) is 2.26. The van der Waals surface area contributed by atoms with Crippen LogP contribution in [0.5, 0.6) is 0 Å². The largest absolute Gasteiger partial charge is 0.383 e. The summed E-state index contributed by atoms with van der Waals surface area (Å²) in [5, 5.41) is -0.0956. The van der Waals surface area contributed by atoms with Gasteiger partial charge in [-0.25, -0.2) is 12.8 Å². The SMILES string of the molecule is CCN(CCOC)C(=O)c1cc(Cl)cc(S(=O)(=O)Cl)c1F. The second kappa shape index (κ2) is 7.40. The molecule has 0 aromatic heterocycles. The third-order valence-electron chi connectivity index (χ3n) is 2.73. The molecule has 21 heavy (non-hydrogen) atoms. The van der Waals surface area contributed by atoms with Crippen molar-refractivity contribution in [2.45, 2.75) is 11.8 Å². The van der Waals surface area contributed by atoms with Gasteiger partial charge in [0.05, 0.1) is 12.2 Å². The van der Waals surface area contributed by atoms with Gasteiger partial charge in [0.2, 0.25) is 0 Å². The molecule has 1 amide bonds. The van der Waals surface area contributed by atoms with E-state index in [0.717, 1.165) is 12.1 Å². The summed E-state index contributed by atoms with van der Waals surface area (Å²) in [6, 6.07) is 1.93. The molecule has 1 rings (SSSR count). The number of likely N-dealkylation sites (N-methyl/N-ethyl adjacent to an activating group) is 1. The number of hydrogen-bond acceptors (Lipinski definition) is 4. The van der Waals surface area contributed by atoms with Crippen molar-refractivity contribution in [3.63, 3.8) is 0 Å². The van der Waals surface area contributed by atoms with E-state index in [4.69, 9.17) is 27.0 Å². The topological polar surface area (TPSA) is 63.7 Å². The quantitative estimate of drug-likeness (QED) is 0.733. The molecule has 1 aromatic rings. The van der Waals surface area contributed by atoms with Crippen molar-refractivity contribution in [1.82, 2.24) is 4.90 Å². The molecule has 0 aliphatic rings. The van der Waals surface area contributed by atoms with Crippen LogP contribution in [0, 0.1) is 5.82 Å². The van der Waals surface area contributed by atoms with Crippen LogP contribution >= 0.6 is 22.3 Å². The lowest BCUT2D eigenvalue weighted by Crippen LogP contribution is -2.34. The summed E-state index contributed by atoms with van der Waals surface area (Å²) in [5.41, 5.74) is -0.445. The van der Waals surface area contributed by atoms with E-state index >= 15 is 0 Å². The van der Waals surface area contributed by atoms with Crippen LogP contribution in [0.15, 0.2) is 17.0 Å². The van der Waals surface area contributed by atoms with Crippen LogP contribution in [0.3, 0.4) is 0 Å². The van der Waals surface area contributed by atoms with Crippen molar-refractivity contribution >= 4 is 37.2 Å². The van der Waals surface area contributed by atoms with Crippen molar-refractivity contribution < 1.29 is 22.3 Å². The molecule has 0 fully saturated rings. The van der Waals surface area contributed by atoms with Gasteiger partial charge in [-0.2, -0.15) is 0 Å². The smallest absolute Gasteiger partial charge is 0.264 e. The van der Waals surface area contributed by atoms with Gasteiger partial charge < -0.3 is 9.64 Å². The summed E-state index contributed by atoms with van der Waals surface area (Å²) in [6.07, 6.45) is 0. The highest BCUT2D eigenvalue weighted by atomic mass is 35.7. The zero-order valence-corrected chi connectivity index (χ0v) is 13.7. The molecule has 0 aliphatic heterocycles. The second-order valence-corrected chi connectivity index (χ2v) is 7.05. The molecule has 0 unspecified atom stereocenters. The molecule has 9 heteroatoms. The Morgan fingerprint density at radius 3 is 2.52 bits per heavy atom. The molecule has 0 atom stereocenters. The maximum atomic E-state index is 14.2. The number of carbonyl (C=O) groups excluding carboxylic acids is 1. The Morgan fingerprint density at radius 1 is 1.43 bits per heavy atom. The van der Waals surface area contributed by atoms with Crippen molar-refractivity contribution in [2.24, 2.45) is 0 Å². The van der Waals surface area contributed by atoms with E-state index in [1.54, 1.807) is 6.92 Å². The molecule has 0 saturated carbocycles. The highest BCUT2D eigenvalue weighted by Gasteiger charge is 2.26. The number of amides is 1. The van der Waals surface area contributed by atoms with Crippen LogP contribution in [-0.4, -0.2) is 46.0 Å². The van der Waals surface area contributed by atoms with E-state index in [-0.39, 0.29) is 18.2 Å². The predicted molar refractivity (Wildman–Crippen MR) is 77.9 cm³/mol. The fourth-order valence-corrected chi connectivity index (χ4v) is 2.88. The average Bonchev–Trinajstić information content (AvgIpc) is 2.40. The minimum Gasteiger partial charge on any atom is -0.383 e. The van der Waals surface area contributed by atoms with Crippen molar-refractivity contribution in [2.75, 3.05) is 26.8 Å². The minimum absolute atomic E-state index is 0.0956. The Balaban J connectivity index is 3.30. The summed E-state index contributed by atoms with van der Waals surface area (Å²) in [6.45, 7) is 2.51. The molecule has 0 bridgehead atoms. The van der Waals surface area contributed by atoms with Gasteiger partial charge in [-0.15, -0.1) is 0 Å². The number of carbonyl (C=O) groups is 1. The fraction of sp³-hybridized carbons (Fsp3) is 0.417. The third-order valence-corrected chi connectivity index (χ3v) is 4.27. The van der Waals surface area contributed by atoms with E-state index in [9.17, 15) is 17.6 Å². The van der Waals surface area contributed by atoms with Crippen molar-refractivity contribution in [3.05, 3.63) is 28.5 Å². The molecule has 0 saturated heterocycles. The van der Waals surface area contributed by atoms with Gasteiger partial charge in [-0.3, -0.25) is 4.79 Å². The highest BCUT2D eigenvalue weighted by molar-refractivity contribution is 8.13. The average molecular weight is 358 g/mol. The molecule has 1 aromatic carbocycles. The molecule has 5 nitrogen and oxygen atoms in total. The third kappa shape index (κ3) is 4.54. The van der Waals surface area contributed by atoms with Gasteiger partial charge in [0.25, 0.3) is 15.0 Å². The Kier molecular flexibility index (Phi) is 6.40. The predicted octanol–water partition coefficient (Wildman–Crippen LogP) is 2.52. The van der Waals surface area contributed by atoms with E-state index in [1.165, 1.54) is 12.0 Å². The summed E-state index contributed by atoms with van der Waals surface area (Å²) in [5.74, 6) is -1.90. The fourth-order valence-electron chi connectivity index (χ4n) is 1.67. The van der Waals surface area contributed by atoms with Gasteiger partial charge in [-0.05, 0) is 19.1 Å². The van der Waals surface area contributed by atoms with Gasteiger partial charge in [0.1, 0.15) is 4.90 Å². The van der Waals surface area contributed by atoms with Crippen LogP contribution in [0.2, 0.25) is 5.02 Å². The molecule has 0 N–H and O–H groups in total. The van der Waals surface area contributed by atoms with Gasteiger partial charge >= 0.3 is 0 Å². The second-order valence-electron chi connectivity index (χ2n) is 4.08. The number of nitrogens with zero attached hydrogens (tertiary/aromatic N) is 1. The lowest BCUT2D eigenvalue weighted by Gasteiger charge is -2.21. The molecule has 0 spiro atoms. The van der Waals surface area contributed by atoms with Crippen molar-refractivity contribution in [3.8, 4) is 0 Å². The Labute approximate surface area is 132 Å². The van der Waals surface area contributed by atoms with Crippen molar-refractivity contribution in [1.29, 1.82) is 0 Å². The molecule has 0 radical (unpaired) electrons. The summed E-state index contributed by atoms with van der Waals surface area (Å²) < 4.78 is 41.7. The lowest BCUT2D eigenvalue weighted by molar-refractivity contribution is 0.0701. The van der Waals surface area contributed by atoms with E-state index in [2.05, 4.69) is 0 Å². The normalized spacial score (nSPS) is 11.5. The van der Waals surface area contributed by atoms with Gasteiger partial charge in [0.15, 0.2) is 5.82 Å². The first-order valence-electron chi connectivity index (χ1n) is 5.94. The zero-order chi connectivity index (χ0) is 16.2. The zero-order valence-electron chi connectivity index (χ0n) is 11.4. The standard InChI is InChI=1S/C12H14Cl2FNO4S/c1-3-16(4-5-20-2)12(17)9-6-8(13)7-10(11(9)15)21(14,18)19/h6-7H,3-5H2,1-2H3. The first-order valence-corrected chi connectivity index (χ1v) is 8.63. The maximum absolute atomic E-state index is 14.2. The number of benzene rings is 1. The Bertz CT molecular complexity index is 636. The Morgan fingerprint density at radius 2 is 2.05 bits per heavy atom. The minimum atomic E-state index is -4.34. The van der Waals surface area contributed by atoms with Gasteiger partial charge in [0, 0.05) is 35.9 Å².